The van der Waals surface area contributed by atoms with Crippen LogP contribution in [0.2, 0.25) is 0 Å². The maximum Gasteiger partial charge on any atom is 0.0788 e. The standard InChI is InChI=1S/C15H30N2O2/c1-14(2)12(13(16)15(3,4)19-14)9-17(5)8-10-6-11(18)7-10/h10-13,18H,6-9,16H2,1-5H3. The molecule has 0 aromatic rings. The van der Waals surface area contributed by atoms with E-state index in [1.807, 2.05) is 0 Å². The smallest absolute Gasteiger partial charge is 0.0788 e. The van der Waals surface area contributed by atoms with Crippen LogP contribution in [-0.4, -0.2) is 53.5 Å². The third-order valence-corrected chi connectivity index (χ3v) is 4.94. The fourth-order valence-corrected chi connectivity index (χ4v) is 3.77. The molecular weight excluding hydrogens is 240 g/mol. The summed E-state index contributed by atoms with van der Waals surface area (Å²) in [6.45, 7) is 10.5. The van der Waals surface area contributed by atoms with Crippen molar-refractivity contribution in [2.45, 2.75) is 63.9 Å². The number of nitrogens with two attached hydrogens (primary N) is 1. The molecular formula is C15H30N2O2. The predicted octanol–water partition coefficient (Wildman–Crippen LogP) is 1.22. The molecule has 0 aromatic carbocycles. The van der Waals surface area contributed by atoms with Crippen molar-refractivity contribution in [3.63, 3.8) is 0 Å². The number of hydrogen-bond acceptors (Lipinski definition) is 4. The van der Waals surface area contributed by atoms with Gasteiger partial charge in [0.25, 0.3) is 0 Å². The van der Waals surface area contributed by atoms with Gasteiger partial charge in [-0.15, -0.1) is 0 Å². The van der Waals surface area contributed by atoms with Crippen molar-refractivity contribution in [3.8, 4) is 0 Å². The van der Waals surface area contributed by atoms with Gasteiger partial charge in [0.2, 0.25) is 0 Å². The Kier molecular flexibility index (Phi) is 4.00. The Morgan fingerprint density at radius 3 is 2.16 bits per heavy atom. The van der Waals surface area contributed by atoms with E-state index in [1.54, 1.807) is 0 Å². The zero-order valence-corrected chi connectivity index (χ0v) is 13.0. The van der Waals surface area contributed by atoms with Crippen molar-refractivity contribution in [1.29, 1.82) is 0 Å². The van der Waals surface area contributed by atoms with Crippen LogP contribution in [0.3, 0.4) is 0 Å². The Morgan fingerprint density at radius 2 is 1.74 bits per heavy atom. The SMILES string of the molecule is CN(CC1CC(O)C1)CC1C(N)C(C)(C)OC1(C)C. The molecule has 0 radical (unpaired) electrons. The van der Waals surface area contributed by atoms with Crippen LogP contribution in [-0.2, 0) is 4.74 Å². The monoisotopic (exact) mass is 270 g/mol. The van der Waals surface area contributed by atoms with Crippen LogP contribution in [0.25, 0.3) is 0 Å². The molecule has 2 fully saturated rings. The van der Waals surface area contributed by atoms with Crippen LogP contribution < -0.4 is 5.73 Å². The number of hydrogen-bond donors (Lipinski definition) is 2. The van der Waals surface area contributed by atoms with Gasteiger partial charge in [-0.25, -0.2) is 0 Å². The van der Waals surface area contributed by atoms with Gasteiger partial charge in [-0.3, -0.25) is 0 Å². The first-order valence-corrected chi connectivity index (χ1v) is 7.44. The van der Waals surface area contributed by atoms with Crippen molar-refractivity contribution < 1.29 is 9.84 Å². The van der Waals surface area contributed by atoms with E-state index in [9.17, 15) is 5.11 Å². The average Bonchev–Trinajstić information content (AvgIpc) is 2.34. The highest BCUT2D eigenvalue weighted by Crippen LogP contribution is 2.41. The average molecular weight is 270 g/mol. The van der Waals surface area contributed by atoms with Crippen LogP contribution in [0.15, 0.2) is 0 Å². The van der Waals surface area contributed by atoms with Gasteiger partial charge in [0, 0.05) is 25.0 Å². The van der Waals surface area contributed by atoms with Gasteiger partial charge in [-0.05, 0) is 53.5 Å². The van der Waals surface area contributed by atoms with Crippen LogP contribution in [0.4, 0.5) is 0 Å². The van der Waals surface area contributed by atoms with E-state index < -0.39 is 0 Å². The highest BCUT2D eigenvalue weighted by molar-refractivity contribution is 5.04. The van der Waals surface area contributed by atoms with Crippen molar-refractivity contribution in [2.24, 2.45) is 17.6 Å². The summed E-state index contributed by atoms with van der Waals surface area (Å²) in [5.74, 6) is 0.993. The minimum Gasteiger partial charge on any atom is -0.393 e. The van der Waals surface area contributed by atoms with Gasteiger partial charge in [-0.2, -0.15) is 0 Å². The molecule has 0 bridgehead atoms. The lowest BCUT2D eigenvalue weighted by Gasteiger charge is -2.37. The Morgan fingerprint density at radius 1 is 1.16 bits per heavy atom. The third kappa shape index (κ3) is 3.13. The molecule has 2 aliphatic rings. The topological polar surface area (TPSA) is 58.7 Å². The zero-order chi connectivity index (χ0) is 14.4. The van der Waals surface area contributed by atoms with Crippen LogP contribution >= 0.6 is 0 Å². The second-order valence-corrected chi connectivity index (χ2v) is 7.65. The van der Waals surface area contributed by atoms with Crippen LogP contribution in [0.5, 0.6) is 0 Å². The van der Waals surface area contributed by atoms with Crippen molar-refractivity contribution in [1.82, 2.24) is 4.90 Å². The zero-order valence-electron chi connectivity index (χ0n) is 13.0. The lowest BCUT2D eigenvalue weighted by molar-refractivity contribution is -0.0787. The second-order valence-electron chi connectivity index (χ2n) is 7.65. The minimum atomic E-state index is -0.248. The van der Waals surface area contributed by atoms with Crippen molar-refractivity contribution >= 4 is 0 Å². The Balaban J connectivity index is 1.90. The molecule has 19 heavy (non-hydrogen) atoms. The molecule has 0 spiro atoms. The maximum atomic E-state index is 9.35. The molecule has 1 heterocycles. The number of rotatable bonds is 4. The highest BCUT2D eigenvalue weighted by atomic mass is 16.5. The summed E-state index contributed by atoms with van der Waals surface area (Å²) >= 11 is 0. The second kappa shape index (κ2) is 4.99. The van der Waals surface area contributed by atoms with E-state index in [0.717, 1.165) is 25.9 Å². The molecule has 0 amide bonds. The summed E-state index contributed by atoms with van der Waals surface area (Å²) in [4.78, 5) is 2.35. The van der Waals surface area contributed by atoms with Crippen LogP contribution in [0, 0.1) is 11.8 Å². The summed E-state index contributed by atoms with van der Waals surface area (Å²) in [5, 5.41) is 9.35. The fraction of sp³-hybridized carbons (Fsp3) is 1.00. The number of aliphatic hydroxyl groups is 1. The van der Waals surface area contributed by atoms with E-state index >= 15 is 0 Å². The van der Waals surface area contributed by atoms with Gasteiger partial charge in [0.15, 0.2) is 0 Å². The number of ether oxygens (including phenoxy) is 1. The Labute approximate surface area is 117 Å². The number of nitrogens with zero attached hydrogens (tertiary/aromatic N) is 1. The van der Waals surface area contributed by atoms with Crippen LogP contribution in [0.1, 0.15) is 40.5 Å². The van der Waals surface area contributed by atoms with Gasteiger partial charge in [0.1, 0.15) is 0 Å². The molecule has 1 saturated heterocycles. The molecule has 1 aliphatic carbocycles. The predicted molar refractivity (Wildman–Crippen MR) is 76.9 cm³/mol. The molecule has 2 atom stereocenters. The summed E-state index contributed by atoms with van der Waals surface area (Å²) in [5.41, 5.74) is 5.97. The molecule has 2 rings (SSSR count). The molecule has 4 heteroatoms. The summed E-state index contributed by atoms with van der Waals surface area (Å²) in [6.07, 6.45) is 1.84. The lowest BCUT2D eigenvalue weighted by atomic mass is 9.80. The van der Waals surface area contributed by atoms with E-state index in [1.165, 1.54) is 0 Å². The molecule has 2 unspecified atom stereocenters. The first-order valence-electron chi connectivity index (χ1n) is 7.44. The largest absolute Gasteiger partial charge is 0.393 e. The van der Waals surface area contributed by atoms with E-state index in [0.29, 0.717) is 11.8 Å². The first-order chi connectivity index (χ1) is 8.62. The molecule has 3 N–H and O–H groups in total. The van der Waals surface area contributed by atoms with Gasteiger partial charge >= 0.3 is 0 Å². The molecule has 1 saturated carbocycles. The number of aliphatic hydroxyl groups excluding tert-OH is 1. The van der Waals surface area contributed by atoms with E-state index in [-0.39, 0.29) is 23.3 Å². The summed E-state index contributed by atoms with van der Waals surface area (Å²) < 4.78 is 6.13. The van der Waals surface area contributed by atoms with Crippen molar-refractivity contribution in [3.05, 3.63) is 0 Å². The third-order valence-electron chi connectivity index (χ3n) is 4.94. The first kappa shape index (κ1) is 15.2. The summed E-state index contributed by atoms with van der Waals surface area (Å²) in [6, 6.07) is 0.0666. The Hall–Kier alpha value is -0.160. The van der Waals surface area contributed by atoms with E-state index in [4.69, 9.17) is 10.5 Å². The van der Waals surface area contributed by atoms with Gasteiger partial charge < -0.3 is 20.5 Å². The molecule has 0 aromatic heterocycles. The normalized spacial score (nSPS) is 40.4. The molecule has 4 nitrogen and oxygen atoms in total. The maximum absolute atomic E-state index is 9.35. The lowest BCUT2D eigenvalue weighted by Crippen LogP contribution is -2.48. The Bertz CT molecular complexity index is 324. The summed E-state index contributed by atoms with van der Waals surface area (Å²) in [7, 11) is 2.15. The van der Waals surface area contributed by atoms with Gasteiger partial charge in [-0.1, -0.05) is 0 Å². The molecule has 112 valence electrons. The fourth-order valence-electron chi connectivity index (χ4n) is 3.77. The van der Waals surface area contributed by atoms with Gasteiger partial charge in [0.05, 0.1) is 17.3 Å². The minimum absolute atomic E-state index is 0.0640. The quantitative estimate of drug-likeness (QED) is 0.806. The highest BCUT2D eigenvalue weighted by Gasteiger charge is 2.52. The molecule has 1 aliphatic heterocycles. The van der Waals surface area contributed by atoms with E-state index in [2.05, 4.69) is 39.6 Å². The van der Waals surface area contributed by atoms with Crippen molar-refractivity contribution in [2.75, 3.05) is 20.1 Å².